The molecule has 1 aromatic carbocycles. The fourth-order valence-corrected chi connectivity index (χ4v) is 5.35. The van der Waals surface area contributed by atoms with Gasteiger partial charge in [-0.25, -0.2) is 8.42 Å². The minimum absolute atomic E-state index is 0.141. The third-order valence-corrected chi connectivity index (χ3v) is 7.61. The number of hydrogen-bond acceptors (Lipinski definition) is 6. The molecular weight excluding hydrogens is 370 g/mol. The molecule has 0 spiro atoms. The Labute approximate surface area is 158 Å². The predicted molar refractivity (Wildman–Crippen MR) is 104 cm³/mol. The summed E-state index contributed by atoms with van der Waals surface area (Å²) in [6.07, 6.45) is 2.48. The zero-order chi connectivity index (χ0) is 18.6. The topological polar surface area (TPSA) is 78.5 Å². The van der Waals surface area contributed by atoms with Gasteiger partial charge >= 0.3 is 0 Å². The van der Waals surface area contributed by atoms with Crippen LogP contribution in [0.1, 0.15) is 28.1 Å². The van der Waals surface area contributed by atoms with E-state index in [2.05, 4.69) is 27.7 Å². The van der Waals surface area contributed by atoms with Crippen molar-refractivity contribution < 1.29 is 13.2 Å². The van der Waals surface area contributed by atoms with Gasteiger partial charge in [0, 0.05) is 25.3 Å². The molecule has 6 nitrogen and oxygen atoms in total. The maximum Gasteiger partial charge on any atom is 0.261 e. The van der Waals surface area contributed by atoms with Crippen molar-refractivity contribution in [3.05, 3.63) is 46.8 Å². The highest BCUT2D eigenvalue weighted by Gasteiger charge is 2.18. The summed E-state index contributed by atoms with van der Waals surface area (Å²) in [4.78, 5) is 15.0. The average molecular weight is 394 g/mol. The zero-order valence-corrected chi connectivity index (χ0v) is 16.3. The lowest BCUT2D eigenvalue weighted by Crippen LogP contribution is -2.22. The average Bonchev–Trinajstić information content (AvgIpc) is 3.32. The first-order chi connectivity index (χ1) is 12.5. The molecule has 0 atom stereocenters. The lowest BCUT2D eigenvalue weighted by Gasteiger charge is -2.17. The van der Waals surface area contributed by atoms with E-state index in [-0.39, 0.29) is 16.0 Å². The Morgan fingerprint density at radius 2 is 1.81 bits per heavy atom. The van der Waals surface area contributed by atoms with Crippen LogP contribution in [0.2, 0.25) is 0 Å². The van der Waals surface area contributed by atoms with Crippen molar-refractivity contribution in [2.45, 2.75) is 23.6 Å². The third kappa shape index (κ3) is 4.44. The minimum atomic E-state index is -3.38. The number of amides is 1. The molecule has 0 saturated carbocycles. The number of carbonyl (C=O) groups is 1. The molecule has 0 bridgehead atoms. The molecule has 3 rings (SSSR count). The molecule has 1 aliphatic rings. The second-order valence-corrected chi connectivity index (χ2v) is 9.57. The van der Waals surface area contributed by atoms with Gasteiger partial charge in [0.25, 0.3) is 5.91 Å². The Morgan fingerprint density at radius 1 is 1.12 bits per heavy atom. The van der Waals surface area contributed by atoms with Gasteiger partial charge in [0.1, 0.15) is 10.1 Å². The summed E-state index contributed by atoms with van der Waals surface area (Å²) in [5, 5.41) is 5.48. The predicted octanol–water partition coefficient (Wildman–Crippen LogP) is 2.23. The van der Waals surface area contributed by atoms with Crippen molar-refractivity contribution in [3.8, 4) is 0 Å². The molecule has 1 saturated heterocycles. The van der Waals surface area contributed by atoms with E-state index in [0.717, 1.165) is 30.0 Å². The van der Waals surface area contributed by atoms with Crippen molar-refractivity contribution in [1.29, 1.82) is 0 Å². The fourth-order valence-electron chi connectivity index (χ4n) is 2.94. The first-order valence-electron chi connectivity index (χ1n) is 8.59. The summed E-state index contributed by atoms with van der Waals surface area (Å²) < 4.78 is 24.2. The Balaban J connectivity index is 1.58. The molecule has 2 heterocycles. The van der Waals surface area contributed by atoms with Crippen molar-refractivity contribution >= 4 is 32.8 Å². The van der Waals surface area contributed by atoms with E-state index in [4.69, 9.17) is 0 Å². The van der Waals surface area contributed by atoms with Gasteiger partial charge in [0.05, 0.1) is 4.88 Å². The number of thiophene rings is 1. The first kappa shape index (κ1) is 18.9. The van der Waals surface area contributed by atoms with Gasteiger partial charge in [0.15, 0.2) is 0 Å². The van der Waals surface area contributed by atoms with Gasteiger partial charge in [-0.3, -0.25) is 4.79 Å². The van der Waals surface area contributed by atoms with Gasteiger partial charge in [-0.1, -0.05) is 12.1 Å². The molecule has 2 aromatic rings. The molecule has 26 heavy (non-hydrogen) atoms. The molecule has 1 aromatic heterocycles. The number of anilines is 1. The van der Waals surface area contributed by atoms with E-state index in [1.54, 1.807) is 13.1 Å². The van der Waals surface area contributed by atoms with Crippen LogP contribution in [0.4, 0.5) is 5.69 Å². The van der Waals surface area contributed by atoms with Crippen LogP contribution in [0.3, 0.4) is 0 Å². The summed E-state index contributed by atoms with van der Waals surface area (Å²) in [6.45, 7) is 2.62. The standard InChI is InChI=1S/C18H23N3O3S2/c1-19-13-26(23,24)17-9-8-16(25-17)18(22)20-12-14-4-6-15(7-5-14)21-10-2-3-11-21/h4-9,19H,2-3,10-13H2,1H3,(H,20,22). The second-order valence-electron chi connectivity index (χ2n) is 6.27. The Hall–Kier alpha value is -1.90. The van der Waals surface area contributed by atoms with Gasteiger partial charge in [0.2, 0.25) is 9.84 Å². The van der Waals surface area contributed by atoms with E-state index in [1.807, 2.05) is 12.1 Å². The molecular formula is C18H23N3O3S2. The van der Waals surface area contributed by atoms with Crippen molar-refractivity contribution in [2.24, 2.45) is 0 Å². The molecule has 1 fully saturated rings. The van der Waals surface area contributed by atoms with Gasteiger partial charge in [-0.05, 0) is 49.7 Å². The summed E-state index contributed by atoms with van der Waals surface area (Å²) >= 11 is 0.996. The molecule has 1 aliphatic heterocycles. The van der Waals surface area contributed by atoms with Crippen LogP contribution in [-0.4, -0.2) is 40.3 Å². The fraction of sp³-hybridized carbons (Fsp3) is 0.389. The normalized spacial score (nSPS) is 14.6. The molecule has 8 heteroatoms. The SMILES string of the molecule is CNCS(=O)(=O)c1ccc(C(=O)NCc2ccc(N3CCCC3)cc2)s1. The van der Waals surface area contributed by atoms with Gasteiger partial charge < -0.3 is 15.5 Å². The highest BCUT2D eigenvalue weighted by atomic mass is 32.2. The van der Waals surface area contributed by atoms with E-state index < -0.39 is 9.84 Å². The van der Waals surface area contributed by atoms with E-state index in [0.29, 0.717) is 11.4 Å². The van der Waals surface area contributed by atoms with E-state index >= 15 is 0 Å². The quantitative estimate of drug-likeness (QED) is 0.754. The maximum atomic E-state index is 12.3. The molecule has 140 valence electrons. The van der Waals surface area contributed by atoms with Crippen LogP contribution in [0.15, 0.2) is 40.6 Å². The van der Waals surface area contributed by atoms with Crippen LogP contribution >= 0.6 is 11.3 Å². The Morgan fingerprint density at radius 3 is 2.46 bits per heavy atom. The number of hydrogen-bond donors (Lipinski definition) is 2. The largest absolute Gasteiger partial charge is 0.372 e. The monoisotopic (exact) mass is 393 g/mol. The van der Waals surface area contributed by atoms with Crippen molar-refractivity contribution in [3.63, 3.8) is 0 Å². The zero-order valence-electron chi connectivity index (χ0n) is 14.7. The minimum Gasteiger partial charge on any atom is -0.372 e. The second kappa shape index (κ2) is 8.20. The van der Waals surface area contributed by atoms with Gasteiger partial charge in [-0.15, -0.1) is 11.3 Å². The summed E-state index contributed by atoms with van der Waals surface area (Å²) in [5.74, 6) is -0.401. The smallest absolute Gasteiger partial charge is 0.261 e. The third-order valence-electron chi connectivity index (χ3n) is 4.31. The van der Waals surface area contributed by atoms with Crippen molar-refractivity contribution in [1.82, 2.24) is 10.6 Å². The number of carbonyl (C=O) groups excluding carboxylic acids is 1. The highest BCUT2D eigenvalue weighted by Crippen LogP contribution is 2.23. The van der Waals surface area contributed by atoms with Gasteiger partial charge in [-0.2, -0.15) is 0 Å². The van der Waals surface area contributed by atoms with E-state index in [1.165, 1.54) is 24.6 Å². The summed E-state index contributed by atoms with van der Waals surface area (Å²) in [5.41, 5.74) is 2.23. The molecule has 2 N–H and O–H groups in total. The molecule has 1 amide bonds. The van der Waals surface area contributed by atoms with Crippen LogP contribution in [0.25, 0.3) is 0 Å². The Bertz CT molecular complexity index is 854. The summed E-state index contributed by atoms with van der Waals surface area (Å²) in [6, 6.07) is 11.2. The molecule has 0 radical (unpaired) electrons. The lowest BCUT2D eigenvalue weighted by molar-refractivity contribution is 0.0955. The van der Waals surface area contributed by atoms with Crippen LogP contribution < -0.4 is 15.5 Å². The molecule has 0 unspecified atom stereocenters. The molecule has 0 aliphatic carbocycles. The van der Waals surface area contributed by atoms with Crippen LogP contribution in [0, 0.1) is 0 Å². The maximum absolute atomic E-state index is 12.3. The highest BCUT2D eigenvalue weighted by molar-refractivity contribution is 7.93. The Kier molecular flexibility index (Phi) is 5.95. The summed E-state index contributed by atoms with van der Waals surface area (Å²) in [7, 11) is -1.80. The van der Waals surface area contributed by atoms with Crippen LogP contribution in [0.5, 0.6) is 0 Å². The number of rotatable bonds is 7. The van der Waals surface area contributed by atoms with E-state index in [9.17, 15) is 13.2 Å². The first-order valence-corrected chi connectivity index (χ1v) is 11.1. The van der Waals surface area contributed by atoms with Crippen LogP contribution in [-0.2, 0) is 16.4 Å². The number of benzene rings is 1. The number of sulfone groups is 1. The lowest BCUT2D eigenvalue weighted by atomic mass is 10.2. The number of nitrogens with one attached hydrogen (secondary N) is 2. The van der Waals surface area contributed by atoms with Crippen molar-refractivity contribution in [2.75, 3.05) is 30.9 Å². The number of nitrogens with zero attached hydrogens (tertiary/aromatic N) is 1.